The lowest BCUT2D eigenvalue weighted by Crippen LogP contribution is -2.41. The number of hydrogen-bond acceptors (Lipinski definition) is 7. The number of esters is 1. The summed E-state index contributed by atoms with van der Waals surface area (Å²) < 4.78 is 20.1. The monoisotopic (exact) mass is 660 g/mol. The molecule has 0 bridgehead atoms. The SMILES string of the molecule is Cc1cc(C)c(-c2c(OC(=O)C(C)(C)C)n3n(c2=O)CCOCC3)c(C)c1.Cc1cc(C)c(C2C(=O)N3CCOCCN3C2=O)c(C)c1. The molecule has 2 aromatic carbocycles. The predicted octanol–water partition coefficient (Wildman–Crippen LogP) is 4.54. The maximum absolute atomic E-state index is 13.3. The highest BCUT2D eigenvalue weighted by Crippen LogP contribution is 2.36. The Hall–Kier alpha value is -4.22. The van der Waals surface area contributed by atoms with Crippen LogP contribution in [0.25, 0.3) is 11.1 Å². The maximum atomic E-state index is 13.3. The lowest BCUT2D eigenvalue weighted by Gasteiger charge is -2.23. The van der Waals surface area contributed by atoms with Gasteiger partial charge in [0.1, 0.15) is 11.5 Å². The predicted molar refractivity (Wildman–Crippen MR) is 182 cm³/mol. The van der Waals surface area contributed by atoms with Crippen LogP contribution in [0, 0.1) is 47.0 Å². The molecule has 2 amide bonds. The zero-order valence-corrected chi connectivity index (χ0v) is 29.7. The third kappa shape index (κ3) is 6.71. The Kier molecular flexibility index (Phi) is 10.0. The van der Waals surface area contributed by atoms with E-state index in [1.54, 1.807) is 40.2 Å². The average molecular weight is 661 g/mol. The van der Waals surface area contributed by atoms with E-state index in [0.29, 0.717) is 64.0 Å². The van der Waals surface area contributed by atoms with Crippen LogP contribution in [-0.4, -0.2) is 76.7 Å². The van der Waals surface area contributed by atoms with Gasteiger partial charge in [0.2, 0.25) is 5.88 Å². The topological polar surface area (TPSA) is 112 Å². The Morgan fingerprint density at radius 2 is 1.10 bits per heavy atom. The van der Waals surface area contributed by atoms with Crippen LogP contribution in [0.2, 0.25) is 0 Å². The van der Waals surface area contributed by atoms with Crippen molar-refractivity contribution in [2.75, 3.05) is 39.5 Å². The molecular formula is C37H48N4O7. The van der Waals surface area contributed by atoms with Crippen LogP contribution < -0.4 is 10.3 Å². The number of aromatic nitrogens is 2. The molecule has 3 aliphatic rings. The van der Waals surface area contributed by atoms with Crippen LogP contribution in [0.5, 0.6) is 5.88 Å². The first-order valence-electron chi connectivity index (χ1n) is 16.6. The third-order valence-electron chi connectivity index (χ3n) is 9.03. The molecule has 3 aromatic rings. The second-order valence-electron chi connectivity index (χ2n) is 14.0. The standard InChI is InChI=1S/C21H28N2O4.C16H20N2O3/c1-13-11-14(2)16(15(3)12-13)17-18(24)22-7-9-26-10-8-23(22)19(17)27-20(25)21(4,5)6;1-10-8-11(2)13(12(3)9-10)14-15(19)17-4-6-21-7-5-18(17)16(14)20/h11-12H,7-10H2,1-6H3;8-9,14H,4-7H2,1-3H3. The highest BCUT2D eigenvalue weighted by Gasteiger charge is 2.47. The first-order chi connectivity index (χ1) is 22.6. The molecule has 6 rings (SSSR count). The number of benzene rings is 2. The molecule has 0 unspecified atom stereocenters. The maximum Gasteiger partial charge on any atom is 0.317 e. The van der Waals surface area contributed by atoms with Crippen molar-refractivity contribution in [3.8, 4) is 17.0 Å². The number of carbonyl (C=O) groups excluding carboxylic acids is 3. The summed E-state index contributed by atoms with van der Waals surface area (Å²) >= 11 is 0. The van der Waals surface area contributed by atoms with E-state index in [2.05, 4.69) is 0 Å². The van der Waals surface area contributed by atoms with Crippen molar-refractivity contribution >= 4 is 17.8 Å². The molecule has 1 aromatic heterocycles. The fraction of sp³-hybridized carbons (Fsp3) is 0.514. The molecule has 2 saturated heterocycles. The second-order valence-corrected chi connectivity index (χ2v) is 14.0. The van der Waals surface area contributed by atoms with E-state index in [1.807, 2.05) is 65.8 Å². The highest BCUT2D eigenvalue weighted by molar-refractivity contribution is 6.10. The minimum atomic E-state index is -0.691. The van der Waals surface area contributed by atoms with Gasteiger partial charge in [0.15, 0.2) is 0 Å². The lowest BCUT2D eigenvalue weighted by molar-refractivity contribution is -0.145. The van der Waals surface area contributed by atoms with Crippen molar-refractivity contribution in [1.29, 1.82) is 0 Å². The van der Waals surface area contributed by atoms with E-state index in [4.69, 9.17) is 14.2 Å². The Balaban J connectivity index is 0.000000194. The van der Waals surface area contributed by atoms with Crippen molar-refractivity contribution in [3.63, 3.8) is 0 Å². The normalized spacial score (nSPS) is 16.9. The Labute approximate surface area is 282 Å². The number of hydrazine groups is 1. The van der Waals surface area contributed by atoms with Gasteiger partial charge in [0.25, 0.3) is 17.4 Å². The Morgan fingerprint density at radius 1 is 0.667 bits per heavy atom. The zero-order valence-electron chi connectivity index (χ0n) is 29.7. The lowest BCUT2D eigenvalue weighted by atomic mass is 9.89. The molecule has 11 nitrogen and oxygen atoms in total. The van der Waals surface area contributed by atoms with Crippen molar-refractivity contribution in [2.45, 2.75) is 81.3 Å². The largest absolute Gasteiger partial charge is 0.407 e. The number of nitrogens with zero attached hydrogens (tertiary/aromatic N) is 4. The van der Waals surface area contributed by atoms with Crippen molar-refractivity contribution in [2.24, 2.45) is 5.41 Å². The molecule has 4 heterocycles. The van der Waals surface area contributed by atoms with E-state index >= 15 is 0 Å². The van der Waals surface area contributed by atoms with Crippen molar-refractivity contribution in [3.05, 3.63) is 73.6 Å². The highest BCUT2D eigenvalue weighted by atomic mass is 16.5. The Bertz CT molecular complexity index is 1740. The fourth-order valence-corrected chi connectivity index (χ4v) is 6.95. The molecule has 0 saturated carbocycles. The van der Waals surface area contributed by atoms with Gasteiger partial charge < -0.3 is 14.2 Å². The quantitative estimate of drug-likeness (QED) is 0.300. The number of carbonyl (C=O) groups is 3. The van der Waals surface area contributed by atoms with E-state index in [1.165, 1.54) is 0 Å². The van der Waals surface area contributed by atoms with Gasteiger partial charge >= 0.3 is 5.97 Å². The molecule has 3 aliphatic heterocycles. The van der Waals surface area contributed by atoms with Gasteiger partial charge in [-0.2, -0.15) is 0 Å². The van der Waals surface area contributed by atoms with Crippen molar-refractivity contribution in [1.82, 2.24) is 19.4 Å². The van der Waals surface area contributed by atoms with E-state index in [9.17, 15) is 19.2 Å². The fourth-order valence-electron chi connectivity index (χ4n) is 6.95. The molecule has 48 heavy (non-hydrogen) atoms. The zero-order chi connectivity index (χ0) is 35.1. The summed E-state index contributed by atoms with van der Waals surface area (Å²) in [6, 6.07) is 8.16. The van der Waals surface area contributed by atoms with E-state index in [-0.39, 0.29) is 23.3 Å². The van der Waals surface area contributed by atoms with Gasteiger partial charge in [-0.1, -0.05) is 35.4 Å². The number of aryl methyl sites for hydroxylation is 6. The van der Waals surface area contributed by atoms with Crippen LogP contribution in [0.4, 0.5) is 0 Å². The van der Waals surface area contributed by atoms with Crippen LogP contribution in [0.15, 0.2) is 29.1 Å². The summed E-state index contributed by atoms with van der Waals surface area (Å²) in [7, 11) is 0. The molecule has 11 heteroatoms. The number of ether oxygens (including phenoxy) is 3. The third-order valence-corrected chi connectivity index (χ3v) is 9.03. The van der Waals surface area contributed by atoms with Crippen LogP contribution in [-0.2, 0) is 36.9 Å². The summed E-state index contributed by atoms with van der Waals surface area (Å²) in [4.78, 5) is 51.3. The van der Waals surface area contributed by atoms with Gasteiger partial charge in [-0.05, 0) is 95.7 Å². The summed E-state index contributed by atoms with van der Waals surface area (Å²) in [5, 5.41) is 3.11. The van der Waals surface area contributed by atoms with E-state index < -0.39 is 11.3 Å². The van der Waals surface area contributed by atoms with Gasteiger partial charge in [-0.25, -0.2) is 19.4 Å². The molecule has 0 radical (unpaired) electrons. The smallest absolute Gasteiger partial charge is 0.317 e. The molecular weight excluding hydrogens is 612 g/mol. The number of amides is 2. The van der Waals surface area contributed by atoms with Crippen LogP contribution in [0.3, 0.4) is 0 Å². The summed E-state index contributed by atoms with van der Waals surface area (Å²) in [6.45, 7) is 21.1. The number of rotatable bonds is 3. The number of fused-ring (bicyclic) bond motifs is 2. The Morgan fingerprint density at radius 3 is 1.58 bits per heavy atom. The minimum Gasteiger partial charge on any atom is -0.407 e. The molecule has 0 atom stereocenters. The van der Waals surface area contributed by atoms with Gasteiger partial charge in [-0.3, -0.25) is 19.2 Å². The molecule has 2 fully saturated rings. The van der Waals surface area contributed by atoms with E-state index in [0.717, 1.165) is 44.5 Å². The molecule has 0 spiro atoms. The minimum absolute atomic E-state index is 0.124. The second kappa shape index (κ2) is 13.7. The number of hydrogen-bond donors (Lipinski definition) is 0. The van der Waals surface area contributed by atoms with Crippen LogP contribution in [0.1, 0.15) is 65.6 Å². The molecule has 0 aliphatic carbocycles. The van der Waals surface area contributed by atoms with Gasteiger partial charge in [-0.15, -0.1) is 0 Å². The van der Waals surface area contributed by atoms with Crippen LogP contribution >= 0.6 is 0 Å². The van der Waals surface area contributed by atoms with Gasteiger partial charge in [0.05, 0.1) is 58.0 Å². The summed E-state index contributed by atoms with van der Waals surface area (Å²) in [5.74, 6) is -0.984. The first kappa shape index (κ1) is 35.1. The first-order valence-corrected chi connectivity index (χ1v) is 16.6. The molecule has 0 N–H and O–H groups in total. The molecule has 258 valence electrons. The summed E-state index contributed by atoms with van der Waals surface area (Å²) in [6.07, 6.45) is 0. The van der Waals surface area contributed by atoms with Gasteiger partial charge in [0, 0.05) is 0 Å². The summed E-state index contributed by atoms with van der Waals surface area (Å²) in [5.41, 5.74) is 7.65. The van der Waals surface area contributed by atoms with Crippen molar-refractivity contribution < 1.29 is 28.6 Å². The average Bonchev–Trinajstić information content (AvgIpc) is 3.23.